The van der Waals surface area contributed by atoms with Crippen molar-refractivity contribution in [3.8, 4) is 0 Å². The second-order valence-electron chi connectivity index (χ2n) is 3.01. The van der Waals surface area contributed by atoms with Gasteiger partial charge in [-0.25, -0.2) is 0 Å². The molecule has 1 atom stereocenters. The van der Waals surface area contributed by atoms with Crippen molar-refractivity contribution in [3.05, 3.63) is 24.3 Å². The summed E-state index contributed by atoms with van der Waals surface area (Å²) in [4.78, 5) is 10.2. The Kier molecular flexibility index (Phi) is 3.79. The zero-order valence-corrected chi connectivity index (χ0v) is 8.01. The van der Waals surface area contributed by atoms with Crippen molar-refractivity contribution in [1.82, 2.24) is 14.9 Å². The van der Waals surface area contributed by atoms with Gasteiger partial charge in [0.1, 0.15) is 0 Å². The van der Waals surface area contributed by atoms with E-state index < -0.39 is 0 Å². The van der Waals surface area contributed by atoms with Crippen LogP contribution in [0, 0.1) is 0 Å². The van der Waals surface area contributed by atoms with Gasteiger partial charge in [-0.1, -0.05) is 0 Å². The zero-order chi connectivity index (χ0) is 9.68. The van der Waals surface area contributed by atoms with E-state index in [1.807, 2.05) is 18.9 Å². The molecule has 0 aliphatic heterocycles. The molecule has 0 radical (unpaired) electrons. The van der Waals surface area contributed by atoms with Crippen molar-refractivity contribution in [3.63, 3.8) is 0 Å². The molecule has 0 aromatic carbocycles. The van der Waals surface area contributed by atoms with E-state index >= 15 is 0 Å². The maximum absolute atomic E-state index is 8.75. The van der Waals surface area contributed by atoms with E-state index in [9.17, 15) is 0 Å². The lowest BCUT2D eigenvalue weighted by molar-refractivity contribution is 0.186. The van der Waals surface area contributed by atoms with Crippen molar-refractivity contribution in [2.45, 2.75) is 13.0 Å². The zero-order valence-electron chi connectivity index (χ0n) is 8.01. The Balaban J connectivity index is 2.62. The minimum Gasteiger partial charge on any atom is -0.395 e. The molecular formula is C9H15N3O. The Morgan fingerprint density at radius 2 is 2.31 bits per heavy atom. The third-order valence-corrected chi connectivity index (χ3v) is 2.13. The molecule has 0 amide bonds. The van der Waals surface area contributed by atoms with Crippen LogP contribution in [-0.2, 0) is 0 Å². The maximum atomic E-state index is 8.75. The molecular weight excluding hydrogens is 166 g/mol. The molecule has 72 valence electrons. The Morgan fingerprint density at radius 3 is 2.85 bits per heavy atom. The lowest BCUT2D eigenvalue weighted by Crippen LogP contribution is -2.26. The van der Waals surface area contributed by atoms with Gasteiger partial charge in [0.25, 0.3) is 0 Å². The highest BCUT2D eigenvalue weighted by Crippen LogP contribution is 2.13. The predicted octanol–water partition coefficient (Wildman–Crippen LogP) is 0.462. The highest BCUT2D eigenvalue weighted by Gasteiger charge is 2.11. The maximum Gasteiger partial charge on any atom is 0.0755 e. The molecule has 4 nitrogen and oxygen atoms in total. The van der Waals surface area contributed by atoms with Crippen molar-refractivity contribution >= 4 is 0 Å². The normalized spacial score (nSPS) is 13.2. The quantitative estimate of drug-likeness (QED) is 0.733. The minimum atomic E-state index is 0.168. The molecule has 1 unspecified atom stereocenters. The van der Waals surface area contributed by atoms with E-state index in [-0.39, 0.29) is 12.6 Å². The molecule has 0 saturated carbocycles. The standard InChI is InChI=1S/C9H15N3O/c1-8(12(2)5-6-13)9-7-10-3-4-11-9/h3-4,7-8,13H,5-6H2,1-2H3. The van der Waals surface area contributed by atoms with Crippen LogP contribution >= 0.6 is 0 Å². The molecule has 4 heteroatoms. The lowest BCUT2D eigenvalue weighted by atomic mass is 10.2. The van der Waals surface area contributed by atoms with E-state index in [1.165, 1.54) is 0 Å². The summed E-state index contributed by atoms with van der Waals surface area (Å²) in [5, 5.41) is 8.75. The van der Waals surface area contributed by atoms with Crippen LogP contribution in [0.4, 0.5) is 0 Å². The second kappa shape index (κ2) is 4.89. The van der Waals surface area contributed by atoms with Crippen LogP contribution < -0.4 is 0 Å². The summed E-state index contributed by atoms with van der Waals surface area (Å²) in [6.07, 6.45) is 5.08. The Morgan fingerprint density at radius 1 is 1.54 bits per heavy atom. The van der Waals surface area contributed by atoms with Crippen LogP contribution in [0.5, 0.6) is 0 Å². The fourth-order valence-electron chi connectivity index (χ4n) is 1.10. The molecule has 0 fully saturated rings. The van der Waals surface area contributed by atoms with Gasteiger partial charge in [-0.05, 0) is 14.0 Å². The van der Waals surface area contributed by atoms with Crippen molar-refractivity contribution in [1.29, 1.82) is 0 Å². The summed E-state index contributed by atoms with van der Waals surface area (Å²) < 4.78 is 0. The van der Waals surface area contributed by atoms with Crippen molar-refractivity contribution in [2.24, 2.45) is 0 Å². The summed E-state index contributed by atoms with van der Waals surface area (Å²) in [5.74, 6) is 0. The number of aromatic nitrogens is 2. The first-order valence-electron chi connectivity index (χ1n) is 4.32. The third kappa shape index (κ3) is 2.75. The number of rotatable bonds is 4. The van der Waals surface area contributed by atoms with Crippen LogP contribution in [0.2, 0.25) is 0 Å². The average Bonchev–Trinajstić information content (AvgIpc) is 2.18. The van der Waals surface area contributed by atoms with Crippen LogP contribution in [-0.4, -0.2) is 40.2 Å². The molecule has 0 bridgehead atoms. The van der Waals surface area contributed by atoms with E-state index in [0.717, 1.165) is 5.69 Å². The second-order valence-corrected chi connectivity index (χ2v) is 3.01. The first kappa shape index (κ1) is 10.1. The number of nitrogens with zero attached hydrogens (tertiary/aromatic N) is 3. The van der Waals surface area contributed by atoms with E-state index in [2.05, 4.69) is 9.97 Å². The molecule has 0 aliphatic rings. The average molecular weight is 181 g/mol. The molecule has 1 aromatic heterocycles. The molecule has 1 heterocycles. The van der Waals surface area contributed by atoms with Crippen LogP contribution in [0.15, 0.2) is 18.6 Å². The highest BCUT2D eigenvalue weighted by atomic mass is 16.3. The molecule has 0 saturated heterocycles. The molecule has 1 rings (SSSR count). The van der Waals surface area contributed by atoms with Gasteiger partial charge in [0.2, 0.25) is 0 Å². The van der Waals surface area contributed by atoms with Gasteiger partial charge < -0.3 is 5.11 Å². The number of aliphatic hydroxyl groups is 1. The van der Waals surface area contributed by atoms with Gasteiger partial charge in [0.05, 0.1) is 18.3 Å². The lowest BCUT2D eigenvalue weighted by Gasteiger charge is -2.22. The first-order valence-corrected chi connectivity index (χ1v) is 4.32. The largest absolute Gasteiger partial charge is 0.395 e. The smallest absolute Gasteiger partial charge is 0.0755 e. The Labute approximate surface area is 78.2 Å². The van der Waals surface area contributed by atoms with Gasteiger partial charge in [-0.3, -0.25) is 14.9 Å². The first-order chi connectivity index (χ1) is 6.25. The van der Waals surface area contributed by atoms with E-state index in [4.69, 9.17) is 5.11 Å². The summed E-state index contributed by atoms with van der Waals surface area (Å²) in [7, 11) is 1.95. The number of hydrogen-bond donors (Lipinski definition) is 1. The summed E-state index contributed by atoms with van der Waals surface area (Å²) >= 11 is 0. The number of hydrogen-bond acceptors (Lipinski definition) is 4. The van der Waals surface area contributed by atoms with E-state index in [0.29, 0.717) is 6.54 Å². The van der Waals surface area contributed by atoms with Gasteiger partial charge in [-0.15, -0.1) is 0 Å². The Hall–Kier alpha value is -1.00. The topological polar surface area (TPSA) is 49.2 Å². The van der Waals surface area contributed by atoms with Crippen LogP contribution in [0.25, 0.3) is 0 Å². The molecule has 1 aromatic rings. The van der Waals surface area contributed by atoms with Gasteiger partial charge in [0.15, 0.2) is 0 Å². The van der Waals surface area contributed by atoms with Crippen molar-refractivity contribution < 1.29 is 5.11 Å². The van der Waals surface area contributed by atoms with Gasteiger partial charge in [0, 0.05) is 25.1 Å². The fourth-order valence-corrected chi connectivity index (χ4v) is 1.10. The third-order valence-electron chi connectivity index (χ3n) is 2.13. The highest BCUT2D eigenvalue weighted by molar-refractivity contribution is 5.00. The molecule has 1 N–H and O–H groups in total. The molecule has 0 aliphatic carbocycles. The van der Waals surface area contributed by atoms with Crippen molar-refractivity contribution in [2.75, 3.05) is 20.2 Å². The minimum absolute atomic E-state index is 0.168. The molecule has 13 heavy (non-hydrogen) atoms. The summed E-state index contributed by atoms with van der Waals surface area (Å²) in [6, 6.07) is 0.195. The predicted molar refractivity (Wildman–Crippen MR) is 50.2 cm³/mol. The fraction of sp³-hybridized carbons (Fsp3) is 0.556. The van der Waals surface area contributed by atoms with Gasteiger partial charge >= 0.3 is 0 Å². The number of likely N-dealkylation sites (N-methyl/N-ethyl adjacent to an activating group) is 1. The summed E-state index contributed by atoms with van der Waals surface area (Å²) in [5.41, 5.74) is 0.929. The van der Waals surface area contributed by atoms with Crippen LogP contribution in [0.3, 0.4) is 0 Å². The Bertz CT molecular complexity index is 240. The van der Waals surface area contributed by atoms with Gasteiger partial charge in [-0.2, -0.15) is 0 Å². The SMILES string of the molecule is CC(c1cnccn1)N(C)CCO. The summed E-state index contributed by atoms with van der Waals surface area (Å²) in [6.45, 7) is 2.86. The van der Waals surface area contributed by atoms with Crippen LogP contribution in [0.1, 0.15) is 18.7 Å². The molecule has 0 spiro atoms. The number of aliphatic hydroxyl groups excluding tert-OH is 1. The monoisotopic (exact) mass is 181 g/mol. The van der Waals surface area contributed by atoms with E-state index in [1.54, 1.807) is 18.6 Å².